The molecular formula is C26H29ClN4O2. The molecule has 0 bridgehead atoms. The fraction of sp³-hybridized carbons (Fsp3) is 0.500. The molecule has 2 saturated carbocycles. The first kappa shape index (κ1) is 21.0. The second-order valence-corrected chi connectivity index (χ2v) is 10.7. The maximum absolute atomic E-state index is 13.4. The van der Waals surface area contributed by atoms with E-state index in [2.05, 4.69) is 15.2 Å². The monoisotopic (exact) mass is 464 g/mol. The van der Waals surface area contributed by atoms with E-state index < -0.39 is 5.41 Å². The van der Waals surface area contributed by atoms with E-state index in [-0.39, 0.29) is 11.8 Å². The van der Waals surface area contributed by atoms with Crippen LogP contribution in [0.25, 0.3) is 0 Å². The van der Waals surface area contributed by atoms with Crippen LogP contribution in [0.4, 0.5) is 17.1 Å². The van der Waals surface area contributed by atoms with Crippen molar-refractivity contribution in [3.05, 3.63) is 46.7 Å². The second-order valence-electron chi connectivity index (χ2n) is 10.4. The Morgan fingerprint density at radius 2 is 1.76 bits per heavy atom. The Labute approximate surface area is 199 Å². The van der Waals surface area contributed by atoms with Crippen LogP contribution in [0.1, 0.15) is 67.3 Å². The standard InChI is InChI=1S/C26H29ClN4O2/c1-30-20-5-4-17(14-19(20)26(24(30)33)6-2-3-7-26)29-23(32)18-16-28-22(27)15-21(18)31-12-10-25(8-9-25)11-13-31/h4-5,14-16H,2-3,6-13H2,1H3,(H,29,32). The Bertz CT molecular complexity index is 1140. The summed E-state index contributed by atoms with van der Waals surface area (Å²) in [5.74, 6) is -0.0137. The molecule has 0 atom stereocenters. The number of benzene rings is 1. The molecule has 2 aromatic rings. The van der Waals surface area contributed by atoms with Gasteiger partial charge in [-0.1, -0.05) is 24.4 Å². The minimum atomic E-state index is -0.426. The molecule has 6 nitrogen and oxygen atoms in total. The number of likely N-dealkylation sites (N-methyl/N-ethyl adjacent to an activating group) is 1. The number of aromatic nitrogens is 1. The number of carbonyl (C=O) groups is 2. The summed E-state index contributed by atoms with van der Waals surface area (Å²) in [6, 6.07) is 7.65. The van der Waals surface area contributed by atoms with Crippen molar-refractivity contribution in [2.75, 3.05) is 35.3 Å². The molecular weight excluding hydrogens is 436 g/mol. The third kappa shape index (κ3) is 3.33. The van der Waals surface area contributed by atoms with Crippen LogP contribution in [0.3, 0.4) is 0 Å². The fourth-order valence-electron chi connectivity index (χ4n) is 6.25. The summed E-state index contributed by atoms with van der Waals surface area (Å²) >= 11 is 6.22. The lowest BCUT2D eigenvalue weighted by Gasteiger charge is -2.34. The largest absolute Gasteiger partial charge is 0.371 e. The topological polar surface area (TPSA) is 65.5 Å². The molecule has 3 fully saturated rings. The number of nitrogens with zero attached hydrogens (tertiary/aromatic N) is 3. The van der Waals surface area contributed by atoms with Crippen LogP contribution in [0.15, 0.2) is 30.5 Å². The minimum absolute atomic E-state index is 0.182. The van der Waals surface area contributed by atoms with E-state index in [0.717, 1.165) is 55.7 Å². The van der Waals surface area contributed by atoms with Crippen LogP contribution in [0, 0.1) is 5.41 Å². The summed E-state index contributed by atoms with van der Waals surface area (Å²) < 4.78 is 0. The van der Waals surface area contributed by atoms with Crippen molar-refractivity contribution >= 4 is 40.5 Å². The van der Waals surface area contributed by atoms with Crippen molar-refractivity contribution in [2.45, 2.75) is 56.8 Å². The van der Waals surface area contributed by atoms with E-state index in [1.54, 1.807) is 11.1 Å². The fourth-order valence-corrected chi connectivity index (χ4v) is 6.40. The number of amides is 2. The van der Waals surface area contributed by atoms with Crippen LogP contribution in [0.2, 0.25) is 5.15 Å². The highest BCUT2D eigenvalue weighted by atomic mass is 35.5. The summed E-state index contributed by atoms with van der Waals surface area (Å²) in [5, 5.41) is 3.47. The highest BCUT2D eigenvalue weighted by molar-refractivity contribution is 6.30. The van der Waals surface area contributed by atoms with Gasteiger partial charge in [0.1, 0.15) is 5.15 Å². The van der Waals surface area contributed by atoms with Crippen molar-refractivity contribution in [3.8, 4) is 0 Å². The number of halogens is 1. The van der Waals surface area contributed by atoms with Crippen molar-refractivity contribution in [3.63, 3.8) is 0 Å². The lowest BCUT2D eigenvalue weighted by atomic mass is 9.80. The number of rotatable bonds is 3. The van der Waals surface area contributed by atoms with Crippen LogP contribution in [0.5, 0.6) is 0 Å². The summed E-state index contributed by atoms with van der Waals surface area (Å²) in [6.07, 6.45) is 10.5. The Morgan fingerprint density at radius 3 is 2.45 bits per heavy atom. The number of carbonyl (C=O) groups excluding carboxylic acids is 2. The first-order valence-electron chi connectivity index (χ1n) is 12.1. The molecule has 1 N–H and O–H groups in total. The van der Waals surface area contributed by atoms with Gasteiger partial charge in [-0.25, -0.2) is 4.98 Å². The molecule has 1 saturated heterocycles. The van der Waals surface area contributed by atoms with Gasteiger partial charge in [0.15, 0.2) is 0 Å². The lowest BCUT2D eigenvalue weighted by molar-refractivity contribution is -0.122. The maximum atomic E-state index is 13.4. The number of pyridine rings is 1. The second kappa shape index (κ2) is 7.45. The molecule has 3 heterocycles. The number of piperidine rings is 1. The van der Waals surface area contributed by atoms with E-state index in [0.29, 0.717) is 21.8 Å². The Balaban J connectivity index is 1.28. The predicted molar refractivity (Wildman–Crippen MR) is 130 cm³/mol. The van der Waals surface area contributed by atoms with Gasteiger partial charge in [-0.3, -0.25) is 9.59 Å². The Hall–Kier alpha value is -2.60. The number of hydrogen-bond acceptors (Lipinski definition) is 4. The van der Waals surface area contributed by atoms with E-state index in [4.69, 9.17) is 11.6 Å². The average Bonchev–Trinajstić information content (AvgIpc) is 3.31. The van der Waals surface area contributed by atoms with Gasteiger partial charge >= 0.3 is 0 Å². The molecule has 2 aliphatic carbocycles. The molecule has 1 aromatic carbocycles. The SMILES string of the molecule is CN1C(=O)C2(CCCC2)c2cc(NC(=O)c3cnc(Cl)cc3N3CCC4(CC3)CC4)ccc21. The summed E-state index contributed by atoms with van der Waals surface area (Å²) in [7, 11) is 1.85. The van der Waals surface area contributed by atoms with Gasteiger partial charge in [0.05, 0.1) is 16.7 Å². The van der Waals surface area contributed by atoms with E-state index in [9.17, 15) is 9.59 Å². The summed E-state index contributed by atoms with van der Waals surface area (Å²) in [6.45, 7) is 1.88. The highest BCUT2D eigenvalue weighted by Crippen LogP contribution is 2.54. The Kier molecular flexibility index (Phi) is 4.74. The molecule has 7 heteroatoms. The summed E-state index contributed by atoms with van der Waals surface area (Å²) in [5.41, 5.74) is 4.23. The molecule has 0 unspecified atom stereocenters. The molecule has 6 rings (SSSR count). The van der Waals surface area contributed by atoms with Gasteiger partial charge in [-0.15, -0.1) is 0 Å². The maximum Gasteiger partial charge on any atom is 0.259 e. The molecule has 2 amide bonds. The molecule has 1 aromatic heterocycles. The van der Waals surface area contributed by atoms with E-state index in [1.165, 1.54) is 25.7 Å². The Morgan fingerprint density at radius 1 is 1.03 bits per heavy atom. The average molecular weight is 465 g/mol. The normalized spacial score (nSPS) is 22.2. The van der Waals surface area contributed by atoms with Crippen LogP contribution in [-0.4, -0.2) is 36.9 Å². The van der Waals surface area contributed by atoms with Gasteiger partial charge in [-0.05, 0) is 73.8 Å². The zero-order chi connectivity index (χ0) is 22.8. The molecule has 2 spiro atoms. The zero-order valence-corrected chi connectivity index (χ0v) is 19.7. The quantitative estimate of drug-likeness (QED) is 0.637. The van der Waals surface area contributed by atoms with Gasteiger partial charge in [-0.2, -0.15) is 0 Å². The van der Waals surface area contributed by atoms with Gasteiger partial charge in [0, 0.05) is 37.7 Å². The number of anilines is 3. The zero-order valence-electron chi connectivity index (χ0n) is 19.0. The third-order valence-corrected chi connectivity index (χ3v) is 8.72. The van der Waals surface area contributed by atoms with Gasteiger partial charge in [0.25, 0.3) is 5.91 Å². The molecule has 2 aliphatic heterocycles. The van der Waals surface area contributed by atoms with E-state index in [1.807, 2.05) is 31.3 Å². The first-order valence-corrected chi connectivity index (χ1v) is 12.4. The minimum Gasteiger partial charge on any atom is -0.371 e. The number of hydrogen-bond donors (Lipinski definition) is 1. The van der Waals surface area contributed by atoms with Crippen molar-refractivity contribution in [1.29, 1.82) is 0 Å². The van der Waals surface area contributed by atoms with Crippen LogP contribution in [-0.2, 0) is 10.2 Å². The van der Waals surface area contributed by atoms with Crippen molar-refractivity contribution in [2.24, 2.45) is 5.41 Å². The molecule has 4 aliphatic rings. The van der Waals surface area contributed by atoms with E-state index >= 15 is 0 Å². The molecule has 33 heavy (non-hydrogen) atoms. The van der Waals surface area contributed by atoms with Gasteiger partial charge in [0.2, 0.25) is 5.91 Å². The van der Waals surface area contributed by atoms with Crippen molar-refractivity contribution < 1.29 is 9.59 Å². The van der Waals surface area contributed by atoms with Gasteiger partial charge < -0.3 is 15.1 Å². The first-order chi connectivity index (χ1) is 15.9. The van der Waals surface area contributed by atoms with Crippen LogP contribution < -0.4 is 15.1 Å². The van der Waals surface area contributed by atoms with Crippen molar-refractivity contribution in [1.82, 2.24) is 4.98 Å². The smallest absolute Gasteiger partial charge is 0.259 e. The predicted octanol–water partition coefficient (Wildman–Crippen LogP) is 5.16. The summed E-state index contributed by atoms with van der Waals surface area (Å²) in [4.78, 5) is 34.7. The lowest BCUT2D eigenvalue weighted by Crippen LogP contribution is -2.36. The molecule has 172 valence electrons. The highest BCUT2D eigenvalue weighted by Gasteiger charge is 2.51. The number of nitrogens with one attached hydrogen (secondary N) is 1. The third-order valence-electron chi connectivity index (χ3n) is 8.52. The van der Waals surface area contributed by atoms with Crippen LogP contribution >= 0.6 is 11.6 Å². The molecule has 0 radical (unpaired) electrons. The number of fused-ring (bicyclic) bond motifs is 2.